The number of esters is 1. The highest BCUT2D eigenvalue weighted by Gasteiger charge is 2.27. The normalized spacial score (nSPS) is 13.3. The molecule has 0 unspecified atom stereocenters. The molecule has 0 saturated heterocycles. The molecule has 2 aromatic rings. The van der Waals surface area contributed by atoms with Gasteiger partial charge in [-0.2, -0.15) is 14.0 Å². The molecule has 0 saturated carbocycles. The van der Waals surface area contributed by atoms with E-state index in [4.69, 9.17) is 4.74 Å². The summed E-state index contributed by atoms with van der Waals surface area (Å²) in [7, 11) is 0. The second-order valence-corrected chi connectivity index (χ2v) is 7.81. The lowest BCUT2D eigenvalue weighted by molar-refractivity contribution is -0.112. The molecule has 31 heavy (non-hydrogen) atoms. The van der Waals surface area contributed by atoms with Crippen molar-refractivity contribution in [2.75, 3.05) is 11.9 Å². The number of amides is 1. The predicted molar refractivity (Wildman–Crippen MR) is 112 cm³/mol. The van der Waals surface area contributed by atoms with Crippen LogP contribution in [0, 0.1) is 11.3 Å². The summed E-state index contributed by atoms with van der Waals surface area (Å²) in [5.41, 5.74) is 1.54. The monoisotopic (exact) mass is 446 g/mol. The molecular weight excluding hydrogens is 426 g/mol. The molecule has 162 valence electrons. The Labute approximate surface area is 182 Å². The lowest BCUT2D eigenvalue weighted by Crippen LogP contribution is -2.16. The highest BCUT2D eigenvalue weighted by atomic mass is 32.1. The average Bonchev–Trinajstić information content (AvgIpc) is 3.10. The first-order valence-electron chi connectivity index (χ1n) is 9.72. The zero-order valence-electron chi connectivity index (χ0n) is 16.7. The van der Waals surface area contributed by atoms with Gasteiger partial charge in [0.15, 0.2) is 0 Å². The van der Waals surface area contributed by atoms with Crippen LogP contribution in [-0.2, 0) is 22.4 Å². The van der Waals surface area contributed by atoms with Gasteiger partial charge in [0, 0.05) is 4.88 Å². The number of carbonyl (C=O) groups is 2. The molecule has 0 spiro atoms. The summed E-state index contributed by atoms with van der Waals surface area (Å²) in [6.45, 7) is -1.01. The van der Waals surface area contributed by atoms with E-state index < -0.39 is 18.5 Å². The van der Waals surface area contributed by atoms with E-state index in [-0.39, 0.29) is 17.9 Å². The van der Waals surface area contributed by atoms with Gasteiger partial charge < -0.3 is 14.8 Å². The summed E-state index contributed by atoms with van der Waals surface area (Å²) >= 11 is 1.33. The number of halogens is 2. The lowest BCUT2D eigenvalue weighted by Gasteiger charge is -2.12. The maximum atomic E-state index is 12.7. The second kappa shape index (κ2) is 10.2. The Hall–Kier alpha value is -3.25. The molecule has 1 aliphatic carbocycles. The smallest absolute Gasteiger partial charge is 0.387 e. The molecule has 0 bridgehead atoms. The van der Waals surface area contributed by atoms with E-state index in [0.717, 1.165) is 36.1 Å². The minimum atomic E-state index is -2.94. The van der Waals surface area contributed by atoms with Gasteiger partial charge in [-0.25, -0.2) is 4.79 Å². The molecule has 3 rings (SSSR count). The van der Waals surface area contributed by atoms with Crippen molar-refractivity contribution in [2.24, 2.45) is 0 Å². The van der Waals surface area contributed by atoms with Crippen molar-refractivity contribution in [2.45, 2.75) is 39.2 Å². The van der Waals surface area contributed by atoms with Crippen molar-refractivity contribution in [1.29, 1.82) is 5.26 Å². The van der Waals surface area contributed by atoms with Gasteiger partial charge >= 0.3 is 12.6 Å². The van der Waals surface area contributed by atoms with Crippen molar-refractivity contribution >= 4 is 34.3 Å². The predicted octanol–water partition coefficient (Wildman–Crippen LogP) is 4.95. The maximum absolute atomic E-state index is 12.7. The van der Waals surface area contributed by atoms with Crippen molar-refractivity contribution in [3.05, 3.63) is 51.4 Å². The van der Waals surface area contributed by atoms with Gasteiger partial charge in [0.25, 0.3) is 5.91 Å². The number of anilines is 1. The fraction of sp³-hybridized carbons (Fsp3) is 0.318. The van der Waals surface area contributed by atoms with E-state index in [1.165, 1.54) is 41.7 Å². The van der Waals surface area contributed by atoms with Crippen molar-refractivity contribution in [3.63, 3.8) is 0 Å². The zero-order chi connectivity index (χ0) is 22.4. The van der Waals surface area contributed by atoms with Crippen LogP contribution in [-0.4, -0.2) is 25.1 Å². The molecule has 1 aliphatic rings. The molecule has 9 heteroatoms. The number of alkyl halides is 2. The number of nitrogens with one attached hydrogen (secondary N) is 1. The van der Waals surface area contributed by atoms with Crippen molar-refractivity contribution in [1.82, 2.24) is 0 Å². The number of hydrogen-bond donors (Lipinski definition) is 1. The summed E-state index contributed by atoms with van der Waals surface area (Å²) in [4.78, 5) is 26.3. The second-order valence-electron chi connectivity index (χ2n) is 6.71. The van der Waals surface area contributed by atoms with E-state index in [1.54, 1.807) is 6.92 Å². The van der Waals surface area contributed by atoms with E-state index >= 15 is 0 Å². The molecule has 1 aromatic heterocycles. The first-order valence-corrected chi connectivity index (χ1v) is 10.5. The van der Waals surface area contributed by atoms with Gasteiger partial charge in [0.05, 0.1) is 12.2 Å². The summed E-state index contributed by atoms with van der Waals surface area (Å²) in [5, 5.41) is 12.5. The van der Waals surface area contributed by atoms with E-state index in [2.05, 4.69) is 10.1 Å². The number of rotatable bonds is 7. The highest BCUT2D eigenvalue weighted by molar-refractivity contribution is 7.17. The Kier molecular flexibility index (Phi) is 7.36. The third-order valence-corrected chi connectivity index (χ3v) is 5.87. The van der Waals surface area contributed by atoms with Crippen molar-refractivity contribution in [3.8, 4) is 11.8 Å². The lowest BCUT2D eigenvalue weighted by atomic mass is 9.95. The topological polar surface area (TPSA) is 88.4 Å². The number of benzene rings is 1. The van der Waals surface area contributed by atoms with Crippen molar-refractivity contribution < 1.29 is 27.8 Å². The number of hydrogen-bond acceptors (Lipinski definition) is 6. The fourth-order valence-electron chi connectivity index (χ4n) is 3.30. The van der Waals surface area contributed by atoms with E-state index in [1.807, 2.05) is 6.07 Å². The van der Waals surface area contributed by atoms with Crippen LogP contribution in [0.5, 0.6) is 5.75 Å². The zero-order valence-corrected chi connectivity index (χ0v) is 17.6. The number of fused-ring (bicyclic) bond motifs is 1. The van der Waals surface area contributed by atoms with Gasteiger partial charge in [-0.3, -0.25) is 4.79 Å². The van der Waals surface area contributed by atoms with E-state index in [0.29, 0.717) is 16.1 Å². The molecule has 1 aromatic carbocycles. The Morgan fingerprint density at radius 3 is 2.61 bits per heavy atom. The number of aryl methyl sites for hydroxylation is 1. The van der Waals surface area contributed by atoms with Crippen LogP contribution in [0.2, 0.25) is 0 Å². The minimum absolute atomic E-state index is 0.0293. The number of nitriles is 1. The maximum Gasteiger partial charge on any atom is 0.387 e. The largest absolute Gasteiger partial charge is 0.462 e. The molecule has 6 nitrogen and oxygen atoms in total. The number of carbonyl (C=O) groups excluding carboxylic acids is 2. The van der Waals surface area contributed by atoms with Crippen LogP contribution in [0.1, 0.15) is 46.1 Å². The molecule has 0 atom stereocenters. The van der Waals surface area contributed by atoms with Crippen LogP contribution in [0.25, 0.3) is 6.08 Å². The third-order valence-electron chi connectivity index (χ3n) is 4.66. The Bertz CT molecular complexity index is 1040. The first-order chi connectivity index (χ1) is 14.9. The molecular formula is C22H20F2N2O4S. The third kappa shape index (κ3) is 5.47. The van der Waals surface area contributed by atoms with E-state index in [9.17, 15) is 23.6 Å². The standard InChI is InChI=1S/C22H20F2N2O4S/c1-2-29-21(28)18-16-5-3-4-6-17(16)31-20(18)26-19(27)14(12-25)11-13-7-9-15(10-8-13)30-22(23)24/h7-11,22H,2-6H2,1H3,(H,26,27). The van der Waals surface area contributed by atoms with Crippen LogP contribution < -0.4 is 10.1 Å². The Morgan fingerprint density at radius 2 is 1.97 bits per heavy atom. The van der Waals surface area contributed by atoms with Gasteiger partial charge in [0.1, 0.15) is 22.4 Å². The number of thiophene rings is 1. The van der Waals surface area contributed by atoms with Gasteiger partial charge in [-0.05, 0) is 61.9 Å². The summed E-state index contributed by atoms with van der Waals surface area (Å²) in [6, 6.07) is 7.38. The molecule has 1 N–H and O–H groups in total. The quantitative estimate of drug-likeness (QED) is 0.369. The molecule has 1 heterocycles. The average molecular weight is 446 g/mol. The SMILES string of the molecule is CCOC(=O)c1c(NC(=O)C(C#N)=Cc2ccc(OC(F)F)cc2)sc2c1CCCC2. The van der Waals surface area contributed by atoms with Gasteiger partial charge in [0.2, 0.25) is 0 Å². The summed E-state index contributed by atoms with van der Waals surface area (Å²) < 4.78 is 34.0. The van der Waals surface area contributed by atoms with Crippen LogP contribution in [0.15, 0.2) is 29.8 Å². The Balaban J connectivity index is 1.84. The molecule has 1 amide bonds. The first kappa shape index (κ1) is 22.4. The minimum Gasteiger partial charge on any atom is -0.462 e. The molecule has 0 fully saturated rings. The van der Waals surface area contributed by atoms with Gasteiger partial charge in [-0.1, -0.05) is 12.1 Å². The Morgan fingerprint density at radius 1 is 1.26 bits per heavy atom. The summed E-state index contributed by atoms with van der Waals surface area (Å²) in [6.07, 6.45) is 4.87. The number of nitrogens with zero attached hydrogens (tertiary/aromatic N) is 1. The van der Waals surface area contributed by atoms with Crippen LogP contribution in [0.3, 0.4) is 0 Å². The van der Waals surface area contributed by atoms with Crippen LogP contribution in [0.4, 0.5) is 13.8 Å². The molecule has 0 aliphatic heterocycles. The fourth-order valence-corrected chi connectivity index (χ4v) is 4.58. The summed E-state index contributed by atoms with van der Waals surface area (Å²) in [5.74, 6) is -1.19. The number of ether oxygens (including phenoxy) is 2. The molecule has 0 radical (unpaired) electrons. The highest BCUT2D eigenvalue weighted by Crippen LogP contribution is 2.38. The van der Waals surface area contributed by atoms with Crippen LogP contribution >= 0.6 is 11.3 Å². The van der Waals surface area contributed by atoms with Gasteiger partial charge in [-0.15, -0.1) is 11.3 Å².